The van der Waals surface area contributed by atoms with E-state index in [-0.39, 0.29) is 0 Å². The van der Waals surface area contributed by atoms with Crippen molar-refractivity contribution in [2.75, 3.05) is 7.05 Å². The maximum Gasteiger partial charge on any atom is 0.320 e. The van der Waals surface area contributed by atoms with Crippen molar-refractivity contribution in [2.24, 2.45) is 0 Å². The molecule has 0 unspecified atom stereocenters. The summed E-state index contributed by atoms with van der Waals surface area (Å²) in [4.78, 5) is 10.7. The predicted octanol–water partition coefficient (Wildman–Crippen LogP) is 2.07. The second kappa shape index (κ2) is 7.01. The molecule has 0 saturated carbocycles. The molecule has 0 fully saturated rings. The topological polar surface area (TPSA) is 49.3 Å². The average molecular weight is 221 g/mol. The Bertz CT molecular complexity index is 311. The summed E-state index contributed by atoms with van der Waals surface area (Å²) in [7, 11) is 1.69. The molecule has 0 aliphatic rings. The summed E-state index contributed by atoms with van der Waals surface area (Å²) >= 11 is 0. The number of aryl methyl sites for hydroxylation is 1. The Labute approximate surface area is 96.5 Å². The Hall–Kier alpha value is -1.35. The molecule has 0 radical (unpaired) electrons. The molecule has 3 nitrogen and oxygen atoms in total. The first kappa shape index (κ1) is 12.7. The molecule has 2 N–H and O–H groups in total. The van der Waals surface area contributed by atoms with Gasteiger partial charge in [-0.15, -0.1) is 0 Å². The Morgan fingerprint density at radius 2 is 2.00 bits per heavy atom. The van der Waals surface area contributed by atoms with Gasteiger partial charge in [-0.1, -0.05) is 36.8 Å². The smallest absolute Gasteiger partial charge is 0.320 e. The number of carboxylic acid groups (broad SMARTS) is 1. The second-order valence-corrected chi connectivity index (χ2v) is 3.91. The van der Waals surface area contributed by atoms with E-state index in [2.05, 4.69) is 17.4 Å². The van der Waals surface area contributed by atoms with Gasteiger partial charge in [0.15, 0.2) is 0 Å². The van der Waals surface area contributed by atoms with Gasteiger partial charge in [-0.05, 0) is 31.9 Å². The minimum Gasteiger partial charge on any atom is -0.480 e. The summed E-state index contributed by atoms with van der Waals surface area (Å²) in [5.74, 6) is -0.762. The molecule has 0 saturated heterocycles. The molecule has 3 heteroatoms. The second-order valence-electron chi connectivity index (χ2n) is 3.91. The Morgan fingerprint density at radius 1 is 1.31 bits per heavy atom. The van der Waals surface area contributed by atoms with Crippen LogP contribution in [0.25, 0.3) is 0 Å². The van der Waals surface area contributed by atoms with Gasteiger partial charge in [-0.3, -0.25) is 4.79 Å². The summed E-state index contributed by atoms with van der Waals surface area (Å²) in [6.07, 6.45) is 3.69. The predicted molar refractivity (Wildman–Crippen MR) is 64.5 cm³/mol. The number of unbranched alkanes of at least 4 members (excludes halogenated alkanes) is 1. The van der Waals surface area contributed by atoms with Gasteiger partial charge in [0.25, 0.3) is 0 Å². The van der Waals surface area contributed by atoms with Crippen LogP contribution in [0.4, 0.5) is 0 Å². The van der Waals surface area contributed by atoms with E-state index in [9.17, 15) is 4.79 Å². The standard InChI is InChI=1S/C13H19NO2/c1-14-12(13(15)16)10-6-5-9-11-7-3-2-4-8-11/h2-4,7-8,12,14H,5-6,9-10H2,1H3,(H,15,16)/t12-/m0/s1. The van der Waals surface area contributed by atoms with Crippen molar-refractivity contribution in [3.63, 3.8) is 0 Å². The van der Waals surface area contributed by atoms with E-state index < -0.39 is 12.0 Å². The van der Waals surface area contributed by atoms with Crippen LogP contribution >= 0.6 is 0 Å². The molecule has 88 valence electrons. The van der Waals surface area contributed by atoms with Crippen LogP contribution in [0.2, 0.25) is 0 Å². The van der Waals surface area contributed by atoms with Crippen LogP contribution in [-0.4, -0.2) is 24.2 Å². The number of likely N-dealkylation sites (N-methyl/N-ethyl adjacent to an activating group) is 1. The van der Waals surface area contributed by atoms with Crippen LogP contribution in [0.15, 0.2) is 30.3 Å². The van der Waals surface area contributed by atoms with E-state index in [1.807, 2.05) is 18.2 Å². The summed E-state index contributed by atoms with van der Waals surface area (Å²) in [6.45, 7) is 0. The number of nitrogens with one attached hydrogen (secondary N) is 1. The maximum absolute atomic E-state index is 10.7. The van der Waals surface area contributed by atoms with Crippen molar-refractivity contribution in [3.8, 4) is 0 Å². The van der Waals surface area contributed by atoms with E-state index in [0.29, 0.717) is 6.42 Å². The molecule has 0 spiro atoms. The number of hydrogen-bond acceptors (Lipinski definition) is 2. The quantitative estimate of drug-likeness (QED) is 0.693. The van der Waals surface area contributed by atoms with Crippen molar-refractivity contribution in [3.05, 3.63) is 35.9 Å². The van der Waals surface area contributed by atoms with E-state index in [1.165, 1.54) is 5.56 Å². The normalized spacial score (nSPS) is 12.3. The van der Waals surface area contributed by atoms with Crippen LogP contribution in [0.5, 0.6) is 0 Å². The van der Waals surface area contributed by atoms with Crippen LogP contribution in [0.3, 0.4) is 0 Å². The van der Waals surface area contributed by atoms with Crippen molar-refractivity contribution >= 4 is 5.97 Å². The van der Waals surface area contributed by atoms with Gasteiger partial charge >= 0.3 is 5.97 Å². The highest BCUT2D eigenvalue weighted by Gasteiger charge is 2.13. The van der Waals surface area contributed by atoms with Gasteiger partial charge in [0.2, 0.25) is 0 Å². The lowest BCUT2D eigenvalue weighted by molar-refractivity contribution is -0.139. The Balaban J connectivity index is 2.19. The molecule has 0 bridgehead atoms. The summed E-state index contributed by atoms with van der Waals surface area (Å²) in [6, 6.07) is 9.87. The molecule has 0 heterocycles. The molecule has 1 atom stereocenters. The van der Waals surface area contributed by atoms with Crippen LogP contribution in [0.1, 0.15) is 24.8 Å². The van der Waals surface area contributed by atoms with Gasteiger partial charge in [-0.25, -0.2) is 0 Å². The van der Waals surface area contributed by atoms with Crippen molar-refractivity contribution in [2.45, 2.75) is 31.7 Å². The first-order valence-electron chi connectivity index (χ1n) is 5.68. The van der Waals surface area contributed by atoms with Crippen LogP contribution in [0, 0.1) is 0 Å². The molecule has 0 amide bonds. The van der Waals surface area contributed by atoms with E-state index >= 15 is 0 Å². The molecule has 1 rings (SSSR count). The maximum atomic E-state index is 10.7. The zero-order chi connectivity index (χ0) is 11.8. The van der Waals surface area contributed by atoms with Gasteiger partial charge in [0, 0.05) is 0 Å². The van der Waals surface area contributed by atoms with Crippen LogP contribution < -0.4 is 5.32 Å². The lowest BCUT2D eigenvalue weighted by atomic mass is 10.0. The van der Waals surface area contributed by atoms with Gasteiger partial charge in [0.1, 0.15) is 6.04 Å². The zero-order valence-electron chi connectivity index (χ0n) is 9.65. The summed E-state index contributed by atoms with van der Waals surface area (Å²) in [5.41, 5.74) is 1.32. The van der Waals surface area contributed by atoms with Crippen LogP contribution in [-0.2, 0) is 11.2 Å². The molecule has 1 aromatic carbocycles. The summed E-state index contributed by atoms with van der Waals surface area (Å²) in [5, 5.41) is 11.6. The minimum absolute atomic E-state index is 0.407. The number of hydrogen-bond donors (Lipinski definition) is 2. The number of carbonyl (C=O) groups is 1. The summed E-state index contributed by atoms with van der Waals surface area (Å²) < 4.78 is 0. The molecule has 0 aliphatic carbocycles. The van der Waals surface area contributed by atoms with Crippen molar-refractivity contribution < 1.29 is 9.90 Å². The molecular formula is C13H19NO2. The van der Waals surface area contributed by atoms with Gasteiger partial charge in [0.05, 0.1) is 0 Å². The van der Waals surface area contributed by atoms with Gasteiger partial charge < -0.3 is 10.4 Å². The molecule has 0 aromatic heterocycles. The first-order chi connectivity index (χ1) is 7.74. The lowest BCUT2D eigenvalue weighted by Gasteiger charge is -2.10. The van der Waals surface area contributed by atoms with Crippen molar-refractivity contribution in [1.29, 1.82) is 0 Å². The highest BCUT2D eigenvalue weighted by Crippen LogP contribution is 2.07. The molecule has 16 heavy (non-hydrogen) atoms. The minimum atomic E-state index is -0.762. The largest absolute Gasteiger partial charge is 0.480 e. The zero-order valence-corrected chi connectivity index (χ0v) is 9.65. The third-order valence-corrected chi connectivity index (χ3v) is 2.70. The highest BCUT2D eigenvalue weighted by molar-refractivity contribution is 5.73. The third-order valence-electron chi connectivity index (χ3n) is 2.70. The van der Waals surface area contributed by atoms with E-state index in [1.54, 1.807) is 7.05 Å². The fourth-order valence-corrected chi connectivity index (χ4v) is 1.71. The van der Waals surface area contributed by atoms with Crippen molar-refractivity contribution in [1.82, 2.24) is 5.32 Å². The average Bonchev–Trinajstić information content (AvgIpc) is 2.30. The number of carboxylic acids is 1. The highest BCUT2D eigenvalue weighted by atomic mass is 16.4. The number of aliphatic carboxylic acids is 1. The molecule has 1 aromatic rings. The van der Waals surface area contributed by atoms with Gasteiger partial charge in [-0.2, -0.15) is 0 Å². The Morgan fingerprint density at radius 3 is 2.56 bits per heavy atom. The fraction of sp³-hybridized carbons (Fsp3) is 0.462. The van der Waals surface area contributed by atoms with E-state index in [4.69, 9.17) is 5.11 Å². The number of benzene rings is 1. The number of rotatable bonds is 7. The SMILES string of the molecule is CN[C@@H](CCCCc1ccccc1)C(=O)O. The monoisotopic (exact) mass is 221 g/mol. The van der Waals surface area contributed by atoms with E-state index in [0.717, 1.165) is 19.3 Å². The molecular weight excluding hydrogens is 202 g/mol. The molecule has 0 aliphatic heterocycles. The Kier molecular flexibility index (Phi) is 5.57. The fourth-order valence-electron chi connectivity index (χ4n) is 1.71. The lowest BCUT2D eigenvalue weighted by Crippen LogP contribution is -2.33. The third kappa shape index (κ3) is 4.45. The first-order valence-corrected chi connectivity index (χ1v) is 5.68.